The van der Waals surface area contributed by atoms with Crippen LogP contribution in [-0.2, 0) is 14.4 Å². The summed E-state index contributed by atoms with van der Waals surface area (Å²) in [5, 5.41) is 16.4. The molecule has 4 rings (SSSR count). The zero-order valence-electron chi connectivity index (χ0n) is 19.4. The normalized spacial score (nSPS) is 25.6. The fraction of sp³-hybridized carbons (Fsp3) is 0.360. The Balaban J connectivity index is 1.80. The topological polar surface area (TPSA) is 142 Å². The van der Waals surface area contributed by atoms with E-state index in [1.165, 1.54) is 0 Å². The van der Waals surface area contributed by atoms with Crippen LogP contribution in [0.3, 0.4) is 0 Å². The number of fused-ring (bicyclic) bond motifs is 1. The van der Waals surface area contributed by atoms with E-state index in [2.05, 4.69) is 10.6 Å². The highest BCUT2D eigenvalue weighted by molar-refractivity contribution is 6.32. The van der Waals surface area contributed by atoms with Crippen molar-refractivity contribution in [2.75, 3.05) is 11.4 Å². The van der Waals surface area contributed by atoms with Gasteiger partial charge in [0.2, 0.25) is 11.8 Å². The second-order valence-electron chi connectivity index (χ2n) is 9.10. The number of urea groups is 1. The largest absolute Gasteiger partial charge is 0.480 e. The maximum Gasteiger partial charge on any atom is 0.324 e. The molecule has 0 radical (unpaired) electrons. The Labute approximate surface area is 207 Å². The minimum atomic E-state index is -1.72. The van der Waals surface area contributed by atoms with Crippen LogP contribution in [0, 0.1) is 25.7 Å². The number of amides is 4. The highest BCUT2D eigenvalue weighted by atomic mass is 35.5. The zero-order valence-corrected chi connectivity index (χ0v) is 20.1. The molecule has 4 amide bonds. The number of primary amides is 1. The number of carboxylic acids is 1. The number of halogens is 1. The molecule has 2 aliphatic rings. The summed E-state index contributed by atoms with van der Waals surface area (Å²) in [6, 6.07) is 10.9. The molecule has 4 unspecified atom stereocenters. The first-order valence-electron chi connectivity index (χ1n) is 11.3. The number of carboxylic acid groups (broad SMARTS) is 1. The Morgan fingerprint density at radius 3 is 2.49 bits per heavy atom. The molecule has 0 aliphatic carbocycles. The van der Waals surface area contributed by atoms with Crippen molar-refractivity contribution in [2.45, 2.75) is 38.3 Å². The van der Waals surface area contributed by atoms with Gasteiger partial charge in [0.1, 0.15) is 5.54 Å². The summed E-state index contributed by atoms with van der Waals surface area (Å²) in [6.07, 6.45) is 0.247. The fourth-order valence-electron chi connectivity index (χ4n) is 5.29. The third kappa shape index (κ3) is 4.15. The summed E-state index contributed by atoms with van der Waals surface area (Å²) in [5.74, 6) is -4.37. The number of nitrogens with zero attached hydrogens (tertiary/aromatic N) is 1. The minimum absolute atomic E-state index is 0.00761. The third-order valence-electron chi connectivity index (χ3n) is 7.02. The van der Waals surface area contributed by atoms with Crippen LogP contribution in [0.15, 0.2) is 42.5 Å². The molecule has 10 heteroatoms. The molecule has 2 aliphatic heterocycles. The molecule has 2 fully saturated rings. The number of rotatable bonds is 7. The van der Waals surface area contributed by atoms with E-state index < -0.39 is 47.2 Å². The molecule has 0 bridgehead atoms. The monoisotopic (exact) mass is 498 g/mol. The molecule has 5 N–H and O–H groups in total. The maximum atomic E-state index is 13.8. The van der Waals surface area contributed by atoms with Crippen molar-refractivity contribution in [2.24, 2.45) is 17.6 Å². The van der Waals surface area contributed by atoms with Crippen LogP contribution in [0.4, 0.5) is 10.5 Å². The Morgan fingerprint density at radius 2 is 1.86 bits per heavy atom. The number of aryl methyl sites for hydroxylation is 2. The van der Waals surface area contributed by atoms with Gasteiger partial charge in [-0.2, -0.15) is 0 Å². The molecule has 0 aromatic heterocycles. The first kappa shape index (κ1) is 24.7. The highest BCUT2D eigenvalue weighted by Gasteiger charge is 2.68. The molecule has 9 nitrogen and oxygen atoms in total. The molecule has 4 atom stereocenters. The lowest BCUT2D eigenvalue weighted by Gasteiger charge is -2.31. The molecule has 184 valence electrons. The number of anilines is 1. The molecule has 2 heterocycles. The quantitative estimate of drug-likeness (QED) is 0.341. The summed E-state index contributed by atoms with van der Waals surface area (Å²) in [7, 11) is 0. The van der Waals surface area contributed by atoms with Crippen LogP contribution < -0.4 is 21.3 Å². The van der Waals surface area contributed by atoms with Crippen LogP contribution in [-0.4, -0.2) is 41.0 Å². The van der Waals surface area contributed by atoms with E-state index in [4.69, 9.17) is 17.3 Å². The van der Waals surface area contributed by atoms with Crippen molar-refractivity contribution >= 4 is 41.1 Å². The van der Waals surface area contributed by atoms with Crippen molar-refractivity contribution in [1.29, 1.82) is 0 Å². The average Bonchev–Trinajstić information content (AvgIpc) is 3.28. The van der Waals surface area contributed by atoms with E-state index in [0.717, 1.165) is 21.6 Å². The predicted molar refractivity (Wildman–Crippen MR) is 130 cm³/mol. The minimum Gasteiger partial charge on any atom is -0.480 e. The van der Waals surface area contributed by atoms with E-state index >= 15 is 0 Å². The summed E-state index contributed by atoms with van der Waals surface area (Å²) < 4.78 is 0. The summed E-state index contributed by atoms with van der Waals surface area (Å²) >= 11 is 6.27. The van der Waals surface area contributed by atoms with Crippen molar-refractivity contribution in [3.8, 4) is 0 Å². The van der Waals surface area contributed by atoms with Gasteiger partial charge in [-0.05, 0) is 55.5 Å². The number of nitrogens with two attached hydrogens (primary N) is 1. The van der Waals surface area contributed by atoms with Crippen molar-refractivity contribution in [3.63, 3.8) is 0 Å². The van der Waals surface area contributed by atoms with E-state index in [0.29, 0.717) is 10.7 Å². The maximum absolute atomic E-state index is 13.8. The first-order chi connectivity index (χ1) is 16.6. The number of nitrogens with one attached hydrogen (secondary N) is 2. The van der Waals surface area contributed by atoms with E-state index in [1.807, 2.05) is 38.1 Å². The Hall–Kier alpha value is -3.43. The van der Waals surface area contributed by atoms with E-state index in [1.54, 1.807) is 18.2 Å². The van der Waals surface area contributed by atoms with E-state index in [-0.39, 0.29) is 19.4 Å². The lowest BCUT2D eigenvalue weighted by Crippen LogP contribution is -2.56. The second kappa shape index (κ2) is 9.31. The SMILES string of the molecule is Cc1ccc(N2C(=O)C3C(c4ccccc4C)NC(CCCNC(N)=O)(C(=O)O)C3C2=O)cc1Cl. The van der Waals surface area contributed by atoms with Crippen LogP contribution in [0.1, 0.15) is 35.6 Å². The molecule has 2 aromatic carbocycles. The number of hydrogen-bond acceptors (Lipinski definition) is 5. The second-order valence-corrected chi connectivity index (χ2v) is 9.51. The molecular formula is C25H27ClN4O5. The molecule has 0 saturated carbocycles. The molecular weight excluding hydrogens is 472 g/mol. The van der Waals surface area contributed by atoms with Crippen LogP contribution in [0.5, 0.6) is 0 Å². The van der Waals surface area contributed by atoms with E-state index in [9.17, 15) is 24.3 Å². The van der Waals surface area contributed by atoms with Gasteiger partial charge in [0.15, 0.2) is 0 Å². The molecule has 2 aromatic rings. The molecule has 2 saturated heterocycles. The average molecular weight is 499 g/mol. The van der Waals surface area contributed by atoms with Crippen LogP contribution in [0.25, 0.3) is 0 Å². The highest BCUT2D eigenvalue weighted by Crippen LogP contribution is 2.51. The number of benzene rings is 2. The van der Waals surface area contributed by atoms with Gasteiger partial charge in [0.05, 0.1) is 17.5 Å². The Bertz CT molecular complexity index is 1220. The van der Waals surface area contributed by atoms with Gasteiger partial charge in [-0.15, -0.1) is 0 Å². The standard InChI is InChI=1S/C25H27ClN4O5/c1-13-6-3-4-7-16(13)20-18-19(25(29-20,23(33)34)10-5-11-28-24(27)35)22(32)30(21(18)31)15-9-8-14(2)17(26)12-15/h3-4,6-9,12,18-20,29H,5,10-11H2,1-2H3,(H,33,34)(H3,27,28,35). The van der Waals surface area contributed by atoms with Gasteiger partial charge in [-0.1, -0.05) is 41.9 Å². The Kier molecular flexibility index (Phi) is 6.57. The van der Waals surface area contributed by atoms with Gasteiger partial charge in [0.25, 0.3) is 0 Å². The summed E-state index contributed by atoms with van der Waals surface area (Å²) in [6.45, 7) is 3.82. The third-order valence-corrected chi connectivity index (χ3v) is 7.43. The predicted octanol–water partition coefficient (Wildman–Crippen LogP) is 2.68. The van der Waals surface area contributed by atoms with Crippen LogP contribution >= 0.6 is 11.6 Å². The molecule has 0 spiro atoms. The summed E-state index contributed by atoms with van der Waals surface area (Å²) in [4.78, 5) is 52.5. The number of carbonyl (C=O) groups is 4. The van der Waals surface area contributed by atoms with Gasteiger partial charge in [-0.25, -0.2) is 9.69 Å². The van der Waals surface area contributed by atoms with Gasteiger partial charge in [0, 0.05) is 17.6 Å². The van der Waals surface area contributed by atoms with Crippen molar-refractivity contribution in [1.82, 2.24) is 10.6 Å². The lowest BCUT2D eigenvalue weighted by molar-refractivity contribution is -0.149. The number of carbonyl (C=O) groups excluding carboxylic acids is 3. The number of hydrogen-bond donors (Lipinski definition) is 4. The van der Waals surface area contributed by atoms with Gasteiger partial charge in [-0.3, -0.25) is 19.7 Å². The lowest BCUT2D eigenvalue weighted by atomic mass is 9.76. The van der Waals surface area contributed by atoms with Crippen LogP contribution in [0.2, 0.25) is 5.02 Å². The van der Waals surface area contributed by atoms with Gasteiger partial charge < -0.3 is 16.2 Å². The molecule has 35 heavy (non-hydrogen) atoms. The van der Waals surface area contributed by atoms with Crippen molar-refractivity contribution in [3.05, 3.63) is 64.2 Å². The zero-order chi connectivity index (χ0) is 25.5. The first-order valence-corrected chi connectivity index (χ1v) is 11.7. The fourth-order valence-corrected chi connectivity index (χ4v) is 5.47. The Morgan fingerprint density at radius 1 is 1.14 bits per heavy atom. The summed E-state index contributed by atoms with van der Waals surface area (Å²) in [5.41, 5.74) is 6.14. The van der Waals surface area contributed by atoms with Gasteiger partial charge >= 0.3 is 12.0 Å². The smallest absolute Gasteiger partial charge is 0.324 e. The van der Waals surface area contributed by atoms with Crippen molar-refractivity contribution < 1.29 is 24.3 Å². The number of aliphatic carboxylic acids is 1. The number of imide groups is 1.